The van der Waals surface area contributed by atoms with Gasteiger partial charge in [0.05, 0.1) is 10.4 Å². The lowest BCUT2D eigenvalue weighted by molar-refractivity contribution is 0.0693. The topological polar surface area (TPSA) is 67.3 Å². The summed E-state index contributed by atoms with van der Waals surface area (Å²) in [4.78, 5) is 28.7. The van der Waals surface area contributed by atoms with Gasteiger partial charge < -0.3 is 5.11 Å². The minimum atomic E-state index is -1.12. The highest BCUT2D eigenvalue weighted by Crippen LogP contribution is 2.27. The molecule has 3 rings (SSSR count). The highest BCUT2D eigenvalue weighted by Gasteiger charge is 2.20. The summed E-state index contributed by atoms with van der Waals surface area (Å²) in [6.07, 6.45) is 1.64. The molecule has 22 heavy (non-hydrogen) atoms. The van der Waals surface area contributed by atoms with E-state index in [9.17, 15) is 14.7 Å². The highest BCUT2D eigenvalue weighted by molar-refractivity contribution is 7.17. The zero-order valence-electron chi connectivity index (χ0n) is 11.4. The lowest BCUT2D eigenvalue weighted by Gasteiger charge is -2.02. The molecule has 0 aliphatic heterocycles. The molecule has 0 spiro atoms. The number of aromatic carboxylic acids is 1. The maximum absolute atomic E-state index is 12.5. The average molecular weight is 309 g/mol. The number of aromatic nitrogens is 1. The normalized spacial score (nSPS) is 10.4. The summed E-state index contributed by atoms with van der Waals surface area (Å²) in [5.41, 5.74) is 1.12. The maximum atomic E-state index is 12.5. The van der Waals surface area contributed by atoms with Gasteiger partial charge in [-0.1, -0.05) is 48.5 Å². The highest BCUT2D eigenvalue weighted by atomic mass is 32.1. The Bertz CT molecular complexity index is 840. The lowest BCUT2D eigenvalue weighted by Crippen LogP contribution is -2.09. The van der Waals surface area contributed by atoms with E-state index in [0.717, 1.165) is 10.4 Å². The van der Waals surface area contributed by atoms with Gasteiger partial charge in [0.1, 0.15) is 0 Å². The minimum Gasteiger partial charge on any atom is -0.478 e. The van der Waals surface area contributed by atoms with Crippen LogP contribution < -0.4 is 0 Å². The zero-order chi connectivity index (χ0) is 15.5. The van der Waals surface area contributed by atoms with Gasteiger partial charge in [-0.15, -0.1) is 11.3 Å². The smallest absolute Gasteiger partial charge is 0.336 e. The Morgan fingerprint density at radius 1 is 0.909 bits per heavy atom. The van der Waals surface area contributed by atoms with Crippen molar-refractivity contribution in [3.63, 3.8) is 0 Å². The molecule has 1 aromatic heterocycles. The molecule has 1 N–H and O–H groups in total. The number of carboxylic acid groups (broad SMARTS) is 1. The van der Waals surface area contributed by atoms with Gasteiger partial charge in [-0.05, 0) is 11.6 Å². The Labute approximate surface area is 130 Å². The van der Waals surface area contributed by atoms with Crippen molar-refractivity contribution in [3.8, 4) is 10.4 Å². The van der Waals surface area contributed by atoms with Gasteiger partial charge in [-0.2, -0.15) is 0 Å². The minimum absolute atomic E-state index is 0.0102. The summed E-state index contributed by atoms with van der Waals surface area (Å²) in [6.45, 7) is 0. The first-order chi connectivity index (χ1) is 10.7. The summed E-state index contributed by atoms with van der Waals surface area (Å²) < 4.78 is 0. The number of nitrogens with zero attached hydrogens (tertiary/aromatic N) is 1. The van der Waals surface area contributed by atoms with Crippen molar-refractivity contribution < 1.29 is 14.7 Å². The average Bonchev–Trinajstić information content (AvgIpc) is 3.05. The van der Waals surface area contributed by atoms with Crippen molar-refractivity contribution in [2.24, 2.45) is 0 Å². The standard InChI is InChI=1S/C17H11NO3S/c19-15(12-8-4-5-9-13(12)17(20)21)16-18-10-14(22-16)11-6-2-1-3-7-11/h1-10H,(H,20,21). The number of carboxylic acids is 1. The first kappa shape index (κ1) is 14.2. The molecule has 3 aromatic rings. The molecule has 0 atom stereocenters. The molecular weight excluding hydrogens is 298 g/mol. The number of ketones is 1. The van der Waals surface area contributed by atoms with Crippen molar-refractivity contribution in [2.75, 3.05) is 0 Å². The molecule has 0 aliphatic carbocycles. The van der Waals surface area contributed by atoms with E-state index >= 15 is 0 Å². The third-order valence-corrected chi connectivity index (χ3v) is 4.21. The van der Waals surface area contributed by atoms with Crippen LogP contribution in [-0.2, 0) is 0 Å². The number of hydrogen-bond donors (Lipinski definition) is 1. The van der Waals surface area contributed by atoms with Crippen LogP contribution in [0.4, 0.5) is 0 Å². The first-order valence-electron chi connectivity index (χ1n) is 6.55. The third kappa shape index (κ3) is 2.66. The summed E-state index contributed by atoms with van der Waals surface area (Å²) in [7, 11) is 0. The van der Waals surface area contributed by atoms with Crippen LogP contribution in [0, 0.1) is 0 Å². The van der Waals surface area contributed by atoms with E-state index in [-0.39, 0.29) is 21.9 Å². The Hall–Kier alpha value is -2.79. The van der Waals surface area contributed by atoms with E-state index in [2.05, 4.69) is 4.98 Å². The Morgan fingerprint density at radius 3 is 2.23 bits per heavy atom. The van der Waals surface area contributed by atoms with Crippen LogP contribution >= 0.6 is 11.3 Å². The summed E-state index contributed by atoms with van der Waals surface area (Å²) in [5, 5.41) is 9.46. The lowest BCUT2D eigenvalue weighted by atomic mass is 10.0. The Kier molecular flexibility index (Phi) is 3.80. The van der Waals surface area contributed by atoms with Crippen molar-refractivity contribution in [1.82, 2.24) is 4.98 Å². The Morgan fingerprint density at radius 2 is 1.55 bits per heavy atom. The second kappa shape index (κ2) is 5.91. The van der Waals surface area contributed by atoms with Crippen molar-refractivity contribution >= 4 is 23.1 Å². The van der Waals surface area contributed by atoms with E-state index in [1.54, 1.807) is 18.3 Å². The van der Waals surface area contributed by atoms with Gasteiger partial charge in [0.15, 0.2) is 5.01 Å². The van der Waals surface area contributed by atoms with Crippen LogP contribution in [-0.4, -0.2) is 21.8 Å². The first-order valence-corrected chi connectivity index (χ1v) is 7.37. The predicted octanol–water partition coefficient (Wildman–Crippen LogP) is 3.74. The number of hydrogen-bond acceptors (Lipinski definition) is 4. The number of rotatable bonds is 4. The van der Waals surface area contributed by atoms with Crippen molar-refractivity contribution in [2.45, 2.75) is 0 Å². The number of carbonyl (C=O) groups is 2. The molecule has 0 aliphatic rings. The molecule has 0 bridgehead atoms. The van der Waals surface area contributed by atoms with Gasteiger partial charge in [0.2, 0.25) is 5.78 Å². The molecule has 0 fully saturated rings. The number of carbonyl (C=O) groups excluding carboxylic acids is 1. The largest absolute Gasteiger partial charge is 0.478 e. The molecule has 0 amide bonds. The predicted molar refractivity (Wildman–Crippen MR) is 84.4 cm³/mol. The quantitative estimate of drug-likeness (QED) is 0.745. The molecule has 5 heteroatoms. The van der Waals surface area contributed by atoms with Gasteiger partial charge in [0, 0.05) is 11.8 Å². The van der Waals surface area contributed by atoms with Crippen LogP contribution in [0.2, 0.25) is 0 Å². The fourth-order valence-electron chi connectivity index (χ4n) is 2.10. The van der Waals surface area contributed by atoms with Crippen LogP contribution in [0.1, 0.15) is 25.7 Å². The molecule has 2 aromatic carbocycles. The van der Waals surface area contributed by atoms with Gasteiger partial charge in [0.25, 0.3) is 0 Å². The van der Waals surface area contributed by atoms with E-state index in [4.69, 9.17) is 0 Å². The van der Waals surface area contributed by atoms with Crippen molar-refractivity contribution in [1.29, 1.82) is 0 Å². The number of thiazole rings is 1. The molecule has 0 radical (unpaired) electrons. The van der Waals surface area contributed by atoms with Crippen LogP contribution in [0.5, 0.6) is 0 Å². The summed E-state index contributed by atoms with van der Waals surface area (Å²) in [6, 6.07) is 15.8. The van der Waals surface area contributed by atoms with E-state index in [1.165, 1.54) is 23.5 Å². The van der Waals surface area contributed by atoms with Crippen LogP contribution in [0.3, 0.4) is 0 Å². The molecule has 0 saturated heterocycles. The number of benzene rings is 2. The molecule has 0 saturated carbocycles. The van der Waals surface area contributed by atoms with Crippen LogP contribution in [0.15, 0.2) is 60.8 Å². The molecule has 1 heterocycles. The van der Waals surface area contributed by atoms with Gasteiger partial charge >= 0.3 is 5.97 Å². The fraction of sp³-hybridized carbons (Fsp3) is 0. The second-order valence-electron chi connectivity index (χ2n) is 4.58. The van der Waals surface area contributed by atoms with Crippen molar-refractivity contribution in [3.05, 3.63) is 76.9 Å². The summed E-state index contributed by atoms with van der Waals surface area (Å²) in [5.74, 6) is -1.49. The maximum Gasteiger partial charge on any atom is 0.336 e. The monoisotopic (exact) mass is 309 g/mol. The fourth-order valence-corrected chi connectivity index (χ4v) is 2.97. The SMILES string of the molecule is O=C(O)c1ccccc1C(=O)c1ncc(-c2ccccc2)s1. The van der Waals surface area contributed by atoms with E-state index < -0.39 is 5.97 Å². The molecule has 4 nitrogen and oxygen atoms in total. The van der Waals surface area contributed by atoms with Gasteiger partial charge in [-0.25, -0.2) is 9.78 Å². The third-order valence-electron chi connectivity index (χ3n) is 3.16. The zero-order valence-corrected chi connectivity index (χ0v) is 12.2. The second-order valence-corrected chi connectivity index (χ2v) is 5.61. The summed E-state index contributed by atoms with van der Waals surface area (Å²) >= 11 is 1.26. The molecular formula is C17H11NO3S. The van der Waals surface area contributed by atoms with Crippen LogP contribution in [0.25, 0.3) is 10.4 Å². The van der Waals surface area contributed by atoms with Gasteiger partial charge in [-0.3, -0.25) is 4.79 Å². The molecule has 108 valence electrons. The Balaban J connectivity index is 1.98. The van der Waals surface area contributed by atoms with E-state index in [1.807, 2.05) is 30.3 Å². The van der Waals surface area contributed by atoms with E-state index in [0.29, 0.717) is 0 Å². The molecule has 0 unspecified atom stereocenters.